The Morgan fingerprint density at radius 3 is 2.92 bits per heavy atom. The van der Waals surface area contributed by atoms with Crippen LogP contribution in [-0.2, 0) is 9.59 Å². The number of pyridine rings is 1. The smallest absolute Gasteiger partial charge is 0.271 e. The van der Waals surface area contributed by atoms with Gasteiger partial charge in [0.15, 0.2) is 17.7 Å². The van der Waals surface area contributed by atoms with Crippen LogP contribution in [0.4, 0.5) is 23.0 Å². The van der Waals surface area contributed by atoms with E-state index in [0.29, 0.717) is 5.75 Å². The zero-order valence-corrected chi connectivity index (χ0v) is 13.7. The molecule has 0 saturated heterocycles. The van der Waals surface area contributed by atoms with E-state index in [2.05, 4.69) is 10.3 Å². The van der Waals surface area contributed by atoms with Crippen LogP contribution in [0.2, 0.25) is 0 Å². The van der Waals surface area contributed by atoms with Gasteiger partial charge in [-0.2, -0.15) is 0 Å². The molecule has 0 radical (unpaired) electrons. The Balaban J connectivity index is 1.80. The first kappa shape index (κ1) is 17.1. The number of nitrogens with one attached hydrogen (secondary N) is 1. The monoisotopic (exact) mass is 357 g/mol. The lowest BCUT2D eigenvalue weighted by atomic mass is 10.2. The molecule has 2 aromatic rings. The van der Waals surface area contributed by atoms with Gasteiger partial charge in [-0.15, -0.1) is 0 Å². The number of nitro groups is 1. The van der Waals surface area contributed by atoms with E-state index in [1.807, 2.05) is 0 Å². The molecule has 1 aliphatic rings. The van der Waals surface area contributed by atoms with Crippen LogP contribution in [0, 0.1) is 10.1 Å². The van der Waals surface area contributed by atoms with Crippen molar-refractivity contribution >= 4 is 34.8 Å². The van der Waals surface area contributed by atoms with Gasteiger partial charge in [-0.25, -0.2) is 4.98 Å². The molecule has 0 bridgehead atoms. The number of hydrogen-bond donors (Lipinski definition) is 2. The van der Waals surface area contributed by atoms with Crippen LogP contribution in [0.25, 0.3) is 0 Å². The first-order chi connectivity index (χ1) is 12.3. The lowest BCUT2D eigenvalue weighted by Gasteiger charge is -2.31. The van der Waals surface area contributed by atoms with Crippen molar-refractivity contribution in [2.24, 2.45) is 0 Å². The fraction of sp³-hybridized carbons (Fsp3) is 0.188. The molecule has 3 rings (SSSR count). The summed E-state index contributed by atoms with van der Waals surface area (Å²) in [7, 11) is 0. The highest BCUT2D eigenvalue weighted by atomic mass is 16.6. The molecule has 1 unspecified atom stereocenters. The lowest BCUT2D eigenvalue weighted by molar-refractivity contribution is -0.384. The maximum atomic E-state index is 12.4. The van der Waals surface area contributed by atoms with Gasteiger partial charge in [-0.3, -0.25) is 24.6 Å². The molecule has 26 heavy (non-hydrogen) atoms. The minimum absolute atomic E-state index is 0.154. The van der Waals surface area contributed by atoms with Crippen molar-refractivity contribution in [1.29, 1.82) is 0 Å². The number of aromatic nitrogens is 1. The maximum absolute atomic E-state index is 12.4. The zero-order valence-electron chi connectivity index (χ0n) is 13.7. The van der Waals surface area contributed by atoms with Crippen molar-refractivity contribution in [2.45, 2.75) is 13.0 Å². The third kappa shape index (κ3) is 3.38. The third-order valence-corrected chi connectivity index (χ3v) is 3.68. The number of amides is 2. The Kier molecular flexibility index (Phi) is 4.40. The van der Waals surface area contributed by atoms with Crippen molar-refractivity contribution in [3.63, 3.8) is 0 Å². The summed E-state index contributed by atoms with van der Waals surface area (Å²) in [5.41, 5.74) is 5.75. The first-order valence-electron chi connectivity index (χ1n) is 7.64. The molecule has 0 fully saturated rings. The number of fused-ring (bicyclic) bond motifs is 1. The number of nitrogens with zero attached hydrogens (tertiary/aromatic N) is 3. The van der Waals surface area contributed by atoms with Crippen LogP contribution in [0.1, 0.15) is 6.92 Å². The zero-order chi connectivity index (χ0) is 18.8. The summed E-state index contributed by atoms with van der Waals surface area (Å²) in [5.74, 6) is -0.302. The van der Waals surface area contributed by atoms with Gasteiger partial charge in [0.1, 0.15) is 12.4 Å². The largest absolute Gasteiger partial charge is 0.477 e. The van der Waals surface area contributed by atoms with Crippen LogP contribution in [-0.4, -0.2) is 34.4 Å². The van der Waals surface area contributed by atoms with E-state index in [9.17, 15) is 19.7 Å². The number of anilines is 3. The van der Waals surface area contributed by atoms with Crippen molar-refractivity contribution in [3.8, 4) is 5.75 Å². The normalized spacial score (nSPS) is 15.8. The van der Waals surface area contributed by atoms with Crippen LogP contribution < -0.4 is 20.7 Å². The molecule has 1 aromatic heterocycles. The van der Waals surface area contributed by atoms with Gasteiger partial charge >= 0.3 is 0 Å². The summed E-state index contributed by atoms with van der Waals surface area (Å²) < 4.78 is 5.46. The summed E-state index contributed by atoms with van der Waals surface area (Å²) in [6.07, 6.45) is -0.779. The second kappa shape index (κ2) is 6.67. The van der Waals surface area contributed by atoms with Crippen LogP contribution in [0.5, 0.6) is 5.75 Å². The Morgan fingerprint density at radius 2 is 2.19 bits per heavy atom. The highest BCUT2D eigenvalue weighted by Gasteiger charge is 2.34. The molecule has 134 valence electrons. The fourth-order valence-electron chi connectivity index (χ4n) is 2.49. The summed E-state index contributed by atoms with van der Waals surface area (Å²) in [6, 6.07) is 8.61. The molecule has 0 saturated carbocycles. The van der Waals surface area contributed by atoms with Crippen molar-refractivity contribution < 1.29 is 19.2 Å². The van der Waals surface area contributed by atoms with Gasteiger partial charge in [-0.1, -0.05) is 6.07 Å². The highest BCUT2D eigenvalue weighted by Crippen LogP contribution is 2.32. The molecule has 2 heterocycles. The van der Waals surface area contributed by atoms with Gasteiger partial charge in [0.05, 0.1) is 4.92 Å². The average Bonchev–Trinajstić information content (AvgIpc) is 2.60. The minimum atomic E-state index is -0.779. The average molecular weight is 357 g/mol. The number of ether oxygens (including phenoxy) is 1. The van der Waals surface area contributed by atoms with E-state index in [1.165, 1.54) is 35.2 Å². The lowest BCUT2D eigenvalue weighted by Crippen LogP contribution is -2.48. The molecule has 1 aromatic carbocycles. The third-order valence-electron chi connectivity index (χ3n) is 3.68. The predicted octanol–water partition coefficient (Wildman–Crippen LogP) is 1.32. The summed E-state index contributed by atoms with van der Waals surface area (Å²) in [4.78, 5) is 40.2. The van der Waals surface area contributed by atoms with E-state index in [-0.39, 0.29) is 29.6 Å². The van der Waals surface area contributed by atoms with Crippen LogP contribution in [0.3, 0.4) is 0 Å². The number of carbonyl (C=O) groups excluding carboxylic acids is 2. The van der Waals surface area contributed by atoms with Gasteiger partial charge in [-0.05, 0) is 25.1 Å². The van der Waals surface area contributed by atoms with Crippen LogP contribution >= 0.6 is 0 Å². The molecule has 3 N–H and O–H groups in total. The Hall–Kier alpha value is -3.69. The van der Waals surface area contributed by atoms with E-state index >= 15 is 0 Å². The molecule has 10 nitrogen and oxygen atoms in total. The molecule has 2 amide bonds. The number of non-ortho nitro benzene ring substituents is 1. The molecule has 1 aliphatic heterocycles. The number of carbonyl (C=O) groups is 2. The number of benzene rings is 1. The van der Waals surface area contributed by atoms with E-state index < -0.39 is 22.8 Å². The number of rotatable bonds is 4. The van der Waals surface area contributed by atoms with E-state index in [1.54, 1.807) is 13.0 Å². The molecule has 1 atom stereocenters. The molecular formula is C16H15N5O5. The second-order valence-electron chi connectivity index (χ2n) is 5.60. The highest BCUT2D eigenvalue weighted by molar-refractivity contribution is 6.05. The van der Waals surface area contributed by atoms with Crippen molar-refractivity contribution in [2.75, 3.05) is 22.5 Å². The number of nitrogen functional groups attached to an aromatic ring is 1. The summed E-state index contributed by atoms with van der Waals surface area (Å²) in [6.45, 7) is 1.23. The first-order valence-corrected chi connectivity index (χ1v) is 7.64. The molecule has 10 heteroatoms. The summed E-state index contributed by atoms with van der Waals surface area (Å²) >= 11 is 0. The van der Waals surface area contributed by atoms with Crippen LogP contribution in [0.15, 0.2) is 36.4 Å². The number of nitro benzene ring substituents is 1. The van der Waals surface area contributed by atoms with Gasteiger partial charge in [0, 0.05) is 17.8 Å². The predicted molar refractivity (Wildman–Crippen MR) is 92.8 cm³/mol. The molecule has 0 aliphatic carbocycles. The number of nitrogens with two attached hydrogens (primary N) is 1. The SMILES string of the molecule is CC1Oc2ccc(N)nc2N(CC(=O)Nc2cccc([N+](=O)[O-])c2)C1=O. The van der Waals surface area contributed by atoms with Gasteiger partial charge < -0.3 is 15.8 Å². The van der Waals surface area contributed by atoms with Gasteiger partial charge in [0.2, 0.25) is 5.91 Å². The van der Waals surface area contributed by atoms with E-state index in [0.717, 1.165) is 0 Å². The molecular weight excluding hydrogens is 342 g/mol. The maximum Gasteiger partial charge on any atom is 0.271 e. The van der Waals surface area contributed by atoms with E-state index in [4.69, 9.17) is 10.5 Å². The van der Waals surface area contributed by atoms with Crippen molar-refractivity contribution in [1.82, 2.24) is 4.98 Å². The molecule has 0 spiro atoms. The summed E-state index contributed by atoms with van der Waals surface area (Å²) in [5, 5.41) is 13.3. The Bertz CT molecular complexity index is 900. The number of hydrogen-bond acceptors (Lipinski definition) is 7. The second-order valence-corrected chi connectivity index (χ2v) is 5.60. The Morgan fingerprint density at radius 1 is 1.42 bits per heavy atom. The fourth-order valence-corrected chi connectivity index (χ4v) is 2.49. The Labute approximate surface area is 147 Å². The quantitative estimate of drug-likeness (QED) is 0.621. The van der Waals surface area contributed by atoms with Gasteiger partial charge in [0.25, 0.3) is 11.6 Å². The topological polar surface area (TPSA) is 141 Å². The van der Waals surface area contributed by atoms with Crippen molar-refractivity contribution in [3.05, 3.63) is 46.5 Å². The standard InChI is InChI=1S/C16H15N5O5/c1-9-16(23)20(15-12(26-9)5-6-13(17)19-15)8-14(22)18-10-3-2-4-11(7-10)21(24)25/h2-7,9H,8H2,1H3,(H2,17,19)(H,18,22). The minimum Gasteiger partial charge on any atom is -0.477 e.